The third-order valence-corrected chi connectivity index (χ3v) is 5.46. The van der Waals surface area contributed by atoms with Crippen molar-refractivity contribution in [1.82, 2.24) is 10.3 Å². The molecule has 3 rings (SSSR count). The maximum Gasteiger partial charge on any atom is 0.184 e. The molecule has 0 amide bonds. The normalized spacial score (nSPS) is 15.2. The van der Waals surface area contributed by atoms with Gasteiger partial charge in [0.15, 0.2) is 5.11 Å². The molecule has 3 N–H and O–H groups in total. The quantitative estimate of drug-likeness (QED) is 0.402. The lowest BCUT2D eigenvalue weighted by molar-refractivity contribution is 0.250. The average molecular weight is 457 g/mol. The summed E-state index contributed by atoms with van der Waals surface area (Å²) in [5.74, 6) is 0. The number of halogens is 3. The molecule has 0 unspecified atom stereocenters. The summed E-state index contributed by atoms with van der Waals surface area (Å²) < 4.78 is 0. The maximum atomic E-state index is 6.49. The van der Waals surface area contributed by atoms with Gasteiger partial charge in [0.25, 0.3) is 0 Å². The zero-order valence-electron chi connectivity index (χ0n) is 15.0. The fourth-order valence-corrected chi connectivity index (χ4v) is 3.90. The van der Waals surface area contributed by atoms with Crippen LogP contribution in [0.4, 0.5) is 5.69 Å². The smallest absolute Gasteiger partial charge is 0.184 e. The van der Waals surface area contributed by atoms with Gasteiger partial charge in [-0.2, -0.15) is 5.10 Å². The lowest BCUT2D eigenvalue weighted by atomic mass is 10.1. The Balaban J connectivity index is 1.58. The maximum absolute atomic E-state index is 6.49. The Morgan fingerprint density at radius 3 is 2.46 bits per heavy atom. The molecule has 1 heterocycles. The highest BCUT2D eigenvalue weighted by atomic mass is 35.5. The van der Waals surface area contributed by atoms with E-state index >= 15 is 0 Å². The van der Waals surface area contributed by atoms with Gasteiger partial charge in [0.1, 0.15) is 0 Å². The molecule has 2 aromatic rings. The van der Waals surface area contributed by atoms with Gasteiger partial charge in [-0.1, -0.05) is 46.9 Å². The predicted octanol–water partition coefficient (Wildman–Crippen LogP) is 4.14. The van der Waals surface area contributed by atoms with E-state index in [1.165, 1.54) is 0 Å². The van der Waals surface area contributed by atoms with E-state index < -0.39 is 0 Å². The van der Waals surface area contributed by atoms with Crippen molar-refractivity contribution in [3.8, 4) is 0 Å². The fraction of sp³-hybridized carbons (Fsp3) is 0.263. The van der Waals surface area contributed by atoms with Crippen LogP contribution in [-0.4, -0.2) is 42.4 Å². The second-order valence-corrected chi connectivity index (χ2v) is 8.13. The molecule has 28 heavy (non-hydrogen) atoms. The molecule has 0 bridgehead atoms. The number of piperazine rings is 1. The van der Waals surface area contributed by atoms with Crippen LogP contribution in [0.25, 0.3) is 0 Å². The van der Waals surface area contributed by atoms with E-state index in [1.54, 1.807) is 12.3 Å². The lowest BCUT2D eigenvalue weighted by Crippen LogP contribution is -2.46. The summed E-state index contributed by atoms with van der Waals surface area (Å²) in [4.78, 5) is 4.67. The zero-order chi connectivity index (χ0) is 20.1. The van der Waals surface area contributed by atoms with Crippen LogP contribution in [0.15, 0.2) is 41.5 Å². The fourth-order valence-electron chi connectivity index (χ4n) is 3.07. The van der Waals surface area contributed by atoms with E-state index in [9.17, 15) is 0 Å². The molecule has 0 atom stereocenters. The molecule has 148 valence electrons. The van der Waals surface area contributed by atoms with Gasteiger partial charge >= 0.3 is 0 Å². The Labute approximate surface area is 185 Å². The highest BCUT2D eigenvalue weighted by molar-refractivity contribution is 7.80. The van der Waals surface area contributed by atoms with Crippen LogP contribution in [0, 0.1) is 0 Å². The van der Waals surface area contributed by atoms with Crippen LogP contribution in [-0.2, 0) is 6.54 Å². The largest absolute Gasteiger partial charge is 0.375 e. The van der Waals surface area contributed by atoms with Crippen molar-refractivity contribution in [2.45, 2.75) is 6.54 Å². The second-order valence-electron chi connectivity index (χ2n) is 6.44. The number of benzene rings is 2. The van der Waals surface area contributed by atoms with Gasteiger partial charge in [-0.25, -0.2) is 0 Å². The first-order chi connectivity index (χ1) is 13.4. The van der Waals surface area contributed by atoms with E-state index in [4.69, 9.17) is 52.8 Å². The second kappa shape index (κ2) is 9.76. The van der Waals surface area contributed by atoms with Crippen molar-refractivity contribution < 1.29 is 0 Å². The van der Waals surface area contributed by atoms with Crippen molar-refractivity contribution in [2.24, 2.45) is 10.8 Å². The van der Waals surface area contributed by atoms with E-state index in [-0.39, 0.29) is 5.11 Å². The topological polar surface area (TPSA) is 56.9 Å². The number of nitrogens with one attached hydrogen (secondary N) is 1. The van der Waals surface area contributed by atoms with Gasteiger partial charge in [-0.3, -0.25) is 10.3 Å². The number of rotatable bonds is 5. The molecule has 0 saturated carbocycles. The molecule has 0 spiro atoms. The first-order valence-corrected chi connectivity index (χ1v) is 10.3. The molecular weight excluding hydrogens is 437 g/mol. The summed E-state index contributed by atoms with van der Waals surface area (Å²) in [6.07, 6.45) is 1.63. The molecular formula is C19H20Cl3N5S. The molecule has 1 aliphatic heterocycles. The Kier molecular flexibility index (Phi) is 7.37. The minimum atomic E-state index is 0.122. The third-order valence-electron chi connectivity index (χ3n) is 4.48. The minimum absolute atomic E-state index is 0.122. The molecule has 1 aliphatic rings. The summed E-state index contributed by atoms with van der Waals surface area (Å²) in [6, 6.07) is 11.5. The van der Waals surface area contributed by atoms with Gasteiger partial charge < -0.3 is 10.6 Å². The van der Waals surface area contributed by atoms with Crippen LogP contribution >= 0.6 is 47.0 Å². The number of thiocarbonyl (C=S) groups is 1. The highest BCUT2D eigenvalue weighted by Gasteiger charge is 2.19. The van der Waals surface area contributed by atoms with Crippen LogP contribution < -0.4 is 16.1 Å². The van der Waals surface area contributed by atoms with Gasteiger partial charge in [0.2, 0.25) is 0 Å². The van der Waals surface area contributed by atoms with Crippen molar-refractivity contribution in [2.75, 3.05) is 31.1 Å². The summed E-state index contributed by atoms with van der Waals surface area (Å²) in [5, 5.41) is 6.12. The van der Waals surface area contributed by atoms with Gasteiger partial charge in [0, 0.05) is 42.8 Å². The lowest BCUT2D eigenvalue weighted by Gasteiger charge is -2.36. The Morgan fingerprint density at radius 2 is 1.82 bits per heavy atom. The number of hydrogen-bond donors (Lipinski definition) is 2. The van der Waals surface area contributed by atoms with Crippen LogP contribution in [0.3, 0.4) is 0 Å². The molecule has 2 aromatic carbocycles. The van der Waals surface area contributed by atoms with Crippen LogP contribution in [0.2, 0.25) is 15.1 Å². The summed E-state index contributed by atoms with van der Waals surface area (Å²) in [5.41, 5.74) is 10.8. The first-order valence-electron chi connectivity index (χ1n) is 8.71. The molecule has 1 saturated heterocycles. The number of nitrogens with two attached hydrogens (primary N) is 1. The zero-order valence-corrected chi connectivity index (χ0v) is 18.1. The molecule has 1 fully saturated rings. The summed E-state index contributed by atoms with van der Waals surface area (Å²) >= 11 is 23.5. The highest BCUT2D eigenvalue weighted by Crippen LogP contribution is 2.28. The van der Waals surface area contributed by atoms with Crippen LogP contribution in [0.5, 0.6) is 0 Å². The van der Waals surface area contributed by atoms with E-state index in [0.29, 0.717) is 15.1 Å². The Bertz CT molecular complexity index is 882. The van der Waals surface area contributed by atoms with Crippen LogP contribution in [0.1, 0.15) is 11.1 Å². The van der Waals surface area contributed by atoms with Crippen molar-refractivity contribution in [1.29, 1.82) is 0 Å². The molecule has 9 heteroatoms. The van der Waals surface area contributed by atoms with Gasteiger partial charge in [0.05, 0.1) is 16.9 Å². The average Bonchev–Trinajstić information content (AvgIpc) is 2.65. The Morgan fingerprint density at radius 1 is 1.07 bits per heavy atom. The predicted molar refractivity (Wildman–Crippen MR) is 123 cm³/mol. The van der Waals surface area contributed by atoms with Crippen molar-refractivity contribution >= 4 is 64.0 Å². The number of nitrogens with zero attached hydrogens (tertiary/aromatic N) is 3. The molecule has 0 aromatic heterocycles. The number of hydrogen-bond acceptors (Lipinski definition) is 4. The SMILES string of the molecule is NC(=S)NN=Cc1ccc(N2CCN(Cc3ccc(Cl)cc3Cl)CC2)c(Cl)c1. The molecule has 0 aliphatic carbocycles. The van der Waals surface area contributed by atoms with E-state index in [1.807, 2.05) is 30.3 Å². The standard InChI is InChI=1S/C19H20Cl3N5S/c20-15-3-2-14(16(21)10-15)12-26-5-7-27(8-6-26)18-4-1-13(9-17(18)22)11-24-25-19(23)28/h1-4,9-11H,5-8,12H2,(H3,23,25,28). The first kappa shape index (κ1) is 21.1. The Hall–Kier alpha value is -1.57. The van der Waals surface area contributed by atoms with E-state index in [0.717, 1.165) is 49.5 Å². The van der Waals surface area contributed by atoms with Crippen molar-refractivity contribution in [3.05, 3.63) is 62.6 Å². The van der Waals surface area contributed by atoms with Crippen molar-refractivity contribution in [3.63, 3.8) is 0 Å². The monoisotopic (exact) mass is 455 g/mol. The number of anilines is 1. The summed E-state index contributed by atoms with van der Waals surface area (Å²) in [6.45, 7) is 4.44. The summed E-state index contributed by atoms with van der Waals surface area (Å²) in [7, 11) is 0. The van der Waals surface area contributed by atoms with Gasteiger partial charge in [-0.15, -0.1) is 0 Å². The number of hydrazone groups is 1. The minimum Gasteiger partial charge on any atom is -0.375 e. The van der Waals surface area contributed by atoms with Gasteiger partial charge in [-0.05, 0) is 47.6 Å². The molecule has 5 nitrogen and oxygen atoms in total. The molecule has 0 radical (unpaired) electrons. The third kappa shape index (κ3) is 5.72. The van der Waals surface area contributed by atoms with E-state index in [2.05, 4.69) is 20.3 Å².